The van der Waals surface area contributed by atoms with Crippen molar-refractivity contribution in [2.24, 2.45) is 0 Å². The third-order valence-corrected chi connectivity index (χ3v) is 3.23. The number of rotatable bonds is 3. The fourth-order valence-corrected chi connectivity index (χ4v) is 2.25. The zero-order valence-electron chi connectivity index (χ0n) is 7.16. The van der Waals surface area contributed by atoms with Crippen molar-refractivity contribution in [2.45, 2.75) is 24.8 Å². The second kappa shape index (κ2) is 3.71. The highest BCUT2D eigenvalue weighted by molar-refractivity contribution is 8.03. The average Bonchev–Trinajstić information content (AvgIpc) is 2.34. The number of carbonyl (C=O) groups excluding carboxylic acids is 1. The van der Waals surface area contributed by atoms with E-state index in [0.717, 1.165) is 6.29 Å². The van der Waals surface area contributed by atoms with Crippen molar-refractivity contribution in [3.05, 3.63) is 11.6 Å². The summed E-state index contributed by atoms with van der Waals surface area (Å²) in [4.78, 5) is 12.6. The highest BCUT2D eigenvalue weighted by Crippen LogP contribution is 2.37. The number of halogens is 1. The first-order valence-corrected chi connectivity index (χ1v) is 5.17. The number of carbonyl (C=O) groups is 1. The van der Waals surface area contributed by atoms with E-state index >= 15 is 0 Å². The van der Waals surface area contributed by atoms with Gasteiger partial charge in [-0.1, -0.05) is 0 Å². The molecule has 1 aliphatic heterocycles. The van der Waals surface area contributed by atoms with Crippen LogP contribution in [0.2, 0.25) is 0 Å². The number of aldehydes is 1. The molecule has 0 radical (unpaired) electrons. The molecule has 2 nitrogen and oxygen atoms in total. The minimum atomic E-state index is -0.201. The van der Waals surface area contributed by atoms with Gasteiger partial charge in [0.2, 0.25) is 0 Å². The van der Waals surface area contributed by atoms with E-state index < -0.39 is 0 Å². The minimum Gasteiger partial charge on any atom is -0.352 e. The molecule has 4 heteroatoms. The lowest BCUT2D eigenvalue weighted by molar-refractivity contribution is -0.111. The number of hydrogen-bond acceptors (Lipinski definition) is 3. The Morgan fingerprint density at radius 1 is 1.75 bits per heavy atom. The SMILES string of the molecule is CC1(C)SC=CN1C(C=O)CCl. The van der Waals surface area contributed by atoms with Crippen LogP contribution in [-0.4, -0.2) is 28.0 Å². The molecule has 0 aromatic rings. The van der Waals surface area contributed by atoms with Crippen LogP contribution in [0.4, 0.5) is 0 Å². The van der Waals surface area contributed by atoms with E-state index in [1.54, 1.807) is 11.8 Å². The maximum Gasteiger partial charge on any atom is 0.143 e. The molecule has 1 atom stereocenters. The van der Waals surface area contributed by atoms with Gasteiger partial charge in [0, 0.05) is 12.1 Å². The van der Waals surface area contributed by atoms with Gasteiger partial charge in [0.05, 0.1) is 10.9 Å². The van der Waals surface area contributed by atoms with Gasteiger partial charge < -0.3 is 9.69 Å². The number of hydrogen-bond donors (Lipinski definition) is 0. The van der Waals surface area contributed by atoms with Gasteiger partial charge in [-0.3, -0.25) is 0 Å². The largest absolute Gasteiger partial charge is 0.352 e. The van der Waals surface area contributed by atoms with Crippen molar-refractivity contribution in [1.29, 1.82) is 0 Å². The molecule has 1 unspecified atom stereocenters. The third-order valence-electron chi connectivity index (χ3n) is 1.87. The van der Waals surface area contributed by atoms with Crippen LogP contribution in [0.15, 0.2) is 11.6 Å². The van der Waals surface area contributed by atoms with Gasteiger partial charge in [0.15, 0.2) is 0 Å². The van der Waals surface area contributed by atoms with Crippen LogP contribution in [0, 0.1) is 0 Å². The van der Waals surface area contributed by atoms with Crippen LogP contribution in [0.1, 0.15) is 13.8 Å². The molecule has 0 bridgehead atoms. The standard InChI is InChI=1S/C8H12ClNOS/c1-8(2)10(3-4-12-8)7(5-9)6-11/h3-4,6-7H,5H2,1-2H3. The summed E-state index contributed by atoms with van der Waals surface area (Å²) < 4.78 is 0. The normalized spacial score (nSPS) is 22.8. The predicted molar refractivity (Wildman–Crippen MR) is 53.2 cm³/mol. The Morgan fingerprint density at radius 2 is 2.42 bits per heavy atom. The van der Waals surface area contributed by atoms with E-state index in [1.165, 1.54) is 0 Å². The van der Waals surface area contributed by atoms with E-state index in [-0.39, 0.29) is 10.9 Å². The summed E-state index contributed by atoms with van der Waals surface area (Å²) in [6, 6.07) is -0.201. The molecule has 0 aromatic carbocycles. The summed E-state index contributed by atoms with van der Waals surface area (Å²) in [5, 5.41) is 1.99. The molecule has 0 saturated carbocycles. The van der Waals surface area contributed by atoms with Gasteiger partial charge in [-0.2, -0.15) is 0 Å². The molecule has 0 aliphatic carbocycles. The molecule has 0 amide bonds. The van der Waals surface area contributed by atoms with E-state index in [2.05, 4.69) is 13.8 Å². The molecule has 1 aliphatic rings. The first-order chi connectivity index (χ1) is 5.61. The van der Waals surface area contributed by atoms with Crippen LogP contribution in [-0.2, 0) is 4.79 Å². The highest BCUT2D eigenvalue weighted by Gasteiger charge is 2.32. The molecule has 68 valence electrons. The van der Waals surface area contributed by atoms with E-state index in [9.17, 15) is 4.79 Å². The molecule has 0 spiro atoms. The maximum atomic E-state index is 10.6. The summed E-state index contributed by atoms with van der Waals surface area (Å²) in [6.45, 7) is 4.14. The fraction of sp³-hybridized carbons (Fsp3) is 0.625. The summed E-state index contributed by atoms with van der Waals surface area (Å²) >= 11 is 7.35. The summed E-state index contributed by atoms with van der Waals surface area (Å²) in [5.41, 5.74) is 0. The van der Waals surface area contributed by atoms with Crippen LogP contribution in [0.5, 0.6) is 0 Å². The van der Waals surface area contributed by atoms with Crippen molar-refractivity contribution in [3.8, 4) is 0 Å². The fourth-order valence-electron chi connectivity index (χ4n) is 1.19. The Balaban J connectivity index is 2.72. The smallest absolute Gasteiger partial charge is 0.143 e. The minimum absolute atomic E-state index is 0.0412. The molecule has 0 fully saturated rings. The Morgan fingerprint density at radius 3 is 2.75 bits per heavy atom. The summed E-state index contributed by atoms with van der Waals surface area (Å²) in [6.07, 6.45) is 2.82. The van der Waals surface area contributed by atoms with Gasteiger partial charge >= 0.3 is 0 Å². The van der Waals surface area contributed by atoms with E-state index in [0.29, 0.717) is 5.88 Å². The topological polar surface area (TPSA) is 20.3 Å². The third kappa shape index (κ3) is 1.77. The Labute approximate surface area is 81.9 Å². The molecule has 1 heterocycles. The quantitative estimate of drug-likeness (QED) is 0.520. The maximum absolute atomic E-state index is 10.6. The molecule has 0 saturated heterocycles. The van der Waals surface area contributed by atoms with Crippen LogP contribution < -0.4 is 0 Å². The molecular formula is C8H12ClNOS. The van der Waals surface area contributed by atoms with Crippen LogP contribution in [0.25, 0.3) is 0 Å². The molecule has 1 rings (SSSR count). The molecule has 12 heavy (non-hydrogen) atoms. The summed E-state index contributed by atoms with van der Waals surface area (Å²) in [7, 11) is 0. The lowest BCUT2D eigenvalue weighted by Gasteiger charge is -2.35. The first-order valence-electron chi connectivity index (χ1n) is 3.76. The van der Waals surface area contributed by atoms with E-state index in [1.807, 2.05) is 16.5 Å². The van der Waals surface area contributed by atoms with Crippen molar-refractivity contribution >= 4 is 29.6 Å². The molecular weight excluding hydrogens is 194 g/mol. The number of alkyl halides is 1. The lowest BCUT2D eigenvalue weighted by Crippen LogP contribution is -2.43. The predicted octanol–water partition coefficient (Wildman–Crippen LogP) is 2.05. The molecule has 0 aromatic heterocycles. The van der Waals surface area contributed by atoms with Crippen molar-refractivity contribution in [3.63, 3.8) is 0 Å². The zero-order valence-corrected chi connectivity index (χ0v) is 8.73. The van der Waals surface area contributed by atoms with E-state index in [4.69, 9.17) is 11.6 Å². The van der Waals surface area contributed by atoms with Gasteiger partial charge in [-0.25, -0.2) is 0 Å². The average molecular weight is 206 g/mol. The Kier molecular flexibility index (Phi) is 3.07. The van der Waals surface area contributed by atoms with Gasteiger partial charge in [0.1, 0.15) is 6.29 Å². The zero-order chi connectivity index (χ0) is 9.19. The highest BCUT2D eigenvalue weighted by atomic mass is 35.5. The second-order valence-corrected chi connectivity index (χ2v) is 4.93. The first kappa shape index (κ1) is 9.93. The van der Waals surface area contributed by atoms with Crippen LogP contribution >= 0.6 is 23.4 Å². The number of nitrogens with zero attached hydrogens (tertiary/aromatic N) is 1. The van der Waals surface area contributed by atoms with Crippen LogP contribution in [0.3, 0.4) is 0 Å². The summed E-state index contributed by atoms with van der Waals surface area (Å²) in [5.74, 6) is 0.345. The van der Waals surface area contributed by atoms with Gasteiger partial charge in [-0.05, 0) is 19.3 Å². The lowest BCUT2D eigenvalue weighted by atomic mass is 10.2. The Hall–Kier alpha value is -0.150. The van der Waals surface area contributed by atoms with Gasteiger partial charge in [0.25, 0.3) is 0 Å². The molecule has 0 N–H and O–H groups in total. The van der Waals surface area contributed by atoms with Crippen molar-refractivity contribution in [2.75, 3.05) is 5.88 Å². The van der Waals surface area contributed by atoms with Gasteiger partial charge in [-0.15, -0.1) is 23.4 Å². The monoisotopic (exact) mass is 205 g/mol. The van der Waals surface area contributed by atoms with Crippen molar-refractivity contribution < 1.29 is 4.79 Å². The Bertz CT molecular complexity index is 205. The second-order valence-electron chi connectivity index (χ2n) is 3.11. The number of thioether (sulfide) groups is 1. The van der Waals surface area contributed by atoms with Crippen molar-refractivity contribution in [1.82, 2.24) is 4.90 Å².